The molecule has 2 rings (SSSR count). The van der Waals surface area contributed by atoms with E-state index in [1.54, 1.807) is 0 Å². The van der Waals surface area contributed by atoms with Crippen LogP contribution in [0.3, 0.4) is 0 Å². The molecule has 21 heavy (non-hydrogen) atoms. The number of carboxylic acids is 1. The first-order valence-corrected chi connectivity index (χ1v) is 7.93. The molecule has 1 N–H and O–H groups in total. The molecule has 0 radical (unpaired) electrons. The Hall–Kier alpha value is -1.50. The number of rotatable bonds is 4. The Balaban J connectivity index is 2.30. The molecule has 1 amide bonds. The Kier molecular flexibility index (Phi) is 4.61. The maximum absolute atomic E-state index is 12.8. The van der Waals surface area contributed by atoms with Crippen LogP contribution in [-0.2, 0) is 10.2 Å². The number of carbonyl (C=O) groups excluding carboxylic acids is 1. The predicted molar refractivity (Wildman–Crippen MR) is 79.5 cm³/mol. The first kappa shape index (κ1) is 15.9. The van der Waals surface area contributed by atoms with Crippen LogP contribution in [0.1, 0.15) is 61.8 Å². The van der Waals surface area contributed by atoms with Crippen molar-refractivity contribution < 1.29 is 14.7 Å². The van der Waals surface area contributed by atoms with E-state index in [4.69, 9.17) is 5.11 Å². The minimum absolute atomic E-state index is 0.0171. The van der Waals surface area contributed by atoms with E-state index in [1.165, 1.54) is 4.90 Å². The molecule has 0 unspecified atom stereocenters. The molecule has 1 heterocycles. The maximum Gasteiger partial charge on any atom is 0.323 e. The molecule has 1 aliphatic carbocycles. The van der Waals surface area contributed by atoms with Crippen molar-refractivity contribution in [2.45, 2.75) is 57.9 Å². The summed E-state index contributed by atoms with van der Waals surface area (Å²) < 4.78 is 3.89. The Bertz CT molecular complexity index is 530. The Morgan fingerprint density at radius 3 is 2.48 bits per heavy atom. The molecule has 0 aromatic carbocycles. The lowest BCUT2D eigenvalue weighted by Gasteiger charge is -2.28. The number of amides is 1. The van der Waals surface area contributed by atoms with E-state index < -0.39 is 5.97 Å². The van der Waals surface area contributed by atoms with E-state index in [9.17, 15) is 9.59 Å². The van der Waals surface area contributed by atoms with Gasteiger partial charge in [0.1, 0.15) is 11.4 Å². The van der Waals surface area contributed by atoms with E-state index in [0.717, 1.165) is 37.2 Å². The number of aliphatic carboxylic acids is 1. The van der Waals surface area contributed by atoms with Crippen molar-refractivity contribution >= 4 is 23.4 Å². The highest BCUT2D eigenvalue weighted by atomic mass is 32.1. The number of hydrogen-bond donors (Lipinski definition) is 1. The SMILES string of the molecule is CC(C)(C)c1nnsc1C(=O)N(CC(=O)O)C1CCCC1. The number of nitrogens with zero attached hydrogens (tertiary/aromatic N) is 3. The number of hydrogen-bond acceptors (Lipinski definition) is 5. The van der Waals surface area contributed by atoms with Crippen LogP contribution in [0.5, 0.6) is 0 Å². The molecular weight excluding hydrogens is 290 g/mol. The summed E-state index contributed by atoms with van der Waals surface area (Å²) in [6, 6.07) is 0.0171. The van der Waals surface area contributed by atoms with Gasteiger partial charge < -0.3 is 10.0 Å². The molecule has 1 saturated carbocycles. The second-order valence-electron chi connectivity index (χ2n) is 6.47. The smallest absolute Gasteiger partial charge is 0.323 e. The number of carbonyl (C=O) groups is 2. The Morgan fingerprint density at radius 1 is 1.33 bits per heavy atom. The quantitative estimate of drug-likeness (QED) is 0.922. The third kappa shape index (κ3) is 3.58. The summed E-state index contributed by atoms with van der Waals surface area (Å²) in [5, 5.41) is 13.2. The fourth-order valence-corrected chi connectivity index (χ4v) is 3.51. The summed E-state index contributed by atoms with van der Waals surface area (Å²) in [4.78, 5) is 25.8. The average molecular weight is 311 g/mol. The van der Waals surface area contributed by atoms with Crippen molar-refractivity contribution in [2.24, 2.45) is 0 Å². The molecule has 0 saturated heterocycles. The van der Waals surface area contributed by atoms with Gasteiger partial charge in [-0.1, -0.05) is 38.1 Å². The highest BCUT2D eigenvalue weighted by Gasteiger charge is 2.34. The van der Waals surface area contributed by atoms with Gasteiger partial charge in [-0.05, 0) is 24.4 Å². The van der Waals surface area contributed by atoms with Gasteiger partial charge in [0.2, 0.25) is 0 Å². The van der Waals surface area contributed by atoms with Crippen LogP contribution in [0.4, 0.5) is 0 Å². The second-order valence-corrected chi connectivity index (χ2v) is 7.22. The Labute approximate surface area is 128 Å². The van der Waals surface area contributed by atoms with Gasteiger partial charge >= 0.3 is 5.97 Å². The zero-order valence-corrected chi connectivity index (χ0v) is 13.4. The van der Waals surface area contributed by atoms with Gasteiger partial charge in [-0.15, -0.1) is 5.10 Å². The van der Waals surface area contributed by atoms with Crippen LogP contribution >= 0.6 is 11.5 Å². The minimum atomic E-state index is -0.981. The van der Waals surface area contributed by atoms with Gasteiger partial charge in [-0.2, -0.15) is 0 Å². The van der Waals surface area contributed by atoms with Gasteiger partial charge in [0.25, 0.3) is 5.91 Å². The molecule has 1 aromatic rings. The van der Waals surface area contributed by atoms with Crippen LogP contribution < -0.4 is 0 Å². The van der Waals surface area contributed by atoms with Crippen molar-refractivity contribution in [1.29, 1.82) is 0 Å². The van der Waals surface area contributed by atoms with Gasteiger partial charge in [-0.25, -0.2) is 0 Å². The first-order valence-electron chi connectivity index (χ1n) is 7.16. The summed E-state index contributed by atoms with van der Waals surface area (Å²) >= 11 is 1.05. The topological polar surface area (TPSA) is 83.4 Å². The van der Waals surface area contributed by atoms with Crippen molar-refractivity contribution in [2.75, 3.05) is 6.54 Å². The molecule has 1 aromatic heterocycles. The molecule has 0 bridgehead atoms. The maximum atomic E-state index is 12.8. The van der Waals surface area contributed by atoms with E-state index in [1.807, 2.05) is 20.8 Å². The van der Waals surface area contributed by atoms with Gasteiger partial charge in [-0.3, -0.25) is 9.59 Å². The summed E-state index contributed by atoms with van der Waals surface area (Å²) in [7, 11) is 0. The van der Waals surface area contributed by atoms with E-state index >= 15 is 0 Å². The van der Waals surface area contributed by atoms with Crippen LogP contribution in [0.25, 0.3) is 0 Å². The molecule has 116 valence electrons. The molecule has 1 fully saturated rings. The number of aromatic nitrogens is 2. The predicted octanol–water partition coefficient (Wildman–Crippen LogP) is 2.31. The number of carboxylic acid groups (broad SMARTS) is 1. The fraction of sp³-hybridized carbons (Fsp3) is 0.714. The van der Waals surface area contributed by atoms with Crippen LogP contribution in [0.15, 0.2) is 0 Å². The van der Waals surface area contributed by atoms with Gasteiger partial charge in [0.05, 0.1) is 5.69 Å². The lowest BCUT2D eigenvalue weighted by molar-refractivity contribution is -0.138. The molecule has 1 aliphatic rings. The van der Waals surface area contributed by atoms with Gasteiger partial charge in [0.15, 0.2) is 0 Å². The van der Waals surface area contributed by atoms with Crippen molar-refractivity contribution in [3.8, 4) is 0 Å². The minimum Gasteiger partial charge on any atom is -0.480 e. The summed E-state index contributed by atoms with van der Waals surface area (Å²) in [6.45, 7) is 5.65. The van der Waals surface area contributed by atoms with Crippen molar-refractivity contribution in [3.05, 3.63) is 10.6 Å². The average Bonchev–Trinajstić information content (AvgIpc) is 3.04. The Morgan fingerprint density at radius 2 is 1.95 bits per heavy atom. The van der Waals surface area contributed by atoms with Crippen molar-refractivity contribution in [3.63, 3.8) is 0 Å². The second kappa shape index (κ2) is 6.09. The first-order chi connectivity index (χ1) is 9.80. The van der Waals surface area contributed by atoms with Crippen molar-refractivity contribution in [1.82, 2.24) is 14.5 Å². The molecule has 6 nitrogen and oxygen atoms in total. The highest BCUT2D eigenvalue weighted by Crippen LogP contribution is 2.30. The van der Waals surface area contributed by atoms with E-state index in [2.05, 4.69) is 9.59 Å². The third-order valence-corrected chi connectivity index (χ3v) is 4.44. The molecular formula is C14H21N3O3S. The normalized spacial score (nSPS) is 16.1. The van der Waals surface area contributed by atoms with Gasteiger partial charge in [0, 0.05) is 11.5 Å². The molecule has 0 spiro atoms. The highest BCUT2D eigenvalue weighted by molar-refractivity contribution is 7.08. The largest absolute Gasteiger partial charge is 0.480 e. The zero-order valence-electron chi connectivity index (χ0n) is 12.6. The van der Waals surface area contributed by atoms with Crippen LogP contribution in [-0.4, -0.2) is 44.1 Å². The third-order valence-electron chi connectivity index (χ3n) is 3.72. The van der Waals surface area contributed by atoms with Crippen LogP contribution in [0.2, 0.25) is 0 Å². The zero-order chi connectivity index (χ0) is 15.6. The molecule has 0 aliphatic heterocycles. The standard InChI is InChI=1S/C14H21N3O3S/c1-14(2,3)12-11(21-16-15-12)13(20)17(8-10(18)19)9-6-4-5-7-9/h9H,4-8H2,1-3H3,(H,18,19). The summed E-state index contributed by atoms with van der Waals surface area (Å²) in [6.07, 6.45) is 3.83. The summed E-state index contributed by atoms with van der Waals surface area (Å²) in [5.41, 5.74) is 0.355. The lowest BCUT2D eigenvalue weighted by Crippen LogP contribution is -2.42. The lowest BCUT2D eigenvalue weighted by atomic mass is 9.91. The van der Waals surface area contributed by atoms with E-state index in [-0.39, 0.29) is 23.9 Å². The molecule has 7 heteroatoms. The van der Waals surface area contributed by atoms with E-state index in [0.29, 0.717) is 10.6 Å². The van der Waals surface area contributed by atoms with Crippen LogP contribution in [0, 0.1) is 0 Å². The fourth-order valence-electron chi connectivity index (χ4n) is 2.68. The monoisotopic (exact) mass is 311 g/mol. The molecule has 0 atom stereocenters. The summed E-state index contributed by atoms with van der Waals surface area (Å²) in [5.74, 6) is -1.23.